The number of nitrogens with one attached hydrogen (secondary N) is 1. The molecule has 1 aromatic rings. The number of carbonyl (C=O) groups is 1. The highest BCUT2D eigenvalue weighted by Crippen LogP contribution is 2.18. The molecule has 20 heavy (non-hydrogen) atoms. The number of aliphatic hydroxyl groups excluding tert-OH is 3. The minimum absolute atomic E-state index is 0.0407. The molecule has 8 nitrogen and oxygen atoms in total. The minimum Gasteiger partial charge on any atom is -0.394 e. The summed E-state index contributed by atoms with van der Waals surface area (Å²) in [4.78, 5) is 22.1. The van der Waals surface area contributed by atoms with Gasteiger partial charge in [-0.1, -0.05) is 6.07 Å². The van der Waals surface area contributed by atoms with Crippen molar-refractivity contribution < 1.29 is 25.0 Å². The predicted molar refractivity (Wildman–Crippen MR) is 69.3 cm³/mol. The fourth-order valence-corrected chi connectivity index (χ4v) is 1.54. The molecule has 8 heteroatoms. The van der Waals surface area contributed by atoms with Crippen LogP contribution >= 0.6 is 0 Å². The second-order valence-corrected chi connectivity index (χ2v) is 4.47. The van der Waals surface area contributed by atoms with Crippen molar-refractivity contribution in [2.45, 2.75) is 12.5 Å². The molecule has 110 valence electrons. The van der Waals surface area contributed by atoms with Crippen LogP contribution in [0.2, 0.25) is 0 Å². The molecule has 1 aromatic carbocycles. The Hall–Kier alpha value is -2.03. The van der Waals surface area contributed by atoms with Gasteiger partial charge < -0.3 is 20.6 Å². The Morgan fingerprint density at radius 2 is 1.85 bits per heavy atom. The Kier molecular flexibility index (Phi) is 5.14. The molecule has 4 N–H and O–H groups in total. The summed E-state index contributed by atoms with van der Waals surface area (Å²) in [6, 6.07) is 3.79. The topological polar surface area (TPSA) is 133 Å². The number of aliphatic hydroxyl groups is 3. The van der Waals surface area contributed by atoms with E-state index in [2.05, 4.69) is 5.32 Å². The van der Waals surface area contributed by atoms with E-state index in [9.17, 15) is 14.9 Å². The van der Waals surface area contributed by atoms with Crippen LogP contribution in [0.4, 0.5) is 5.69 Å². The van der Waals surface area contributed by atoms with Gasteiger partial charge in [0.1, 0.15) is 5.54 Å². The maximum atomic E-state index is 12.1. The summed E-state index contributed by atoms with van der Waals surface area (Å²) in [7, 11) is 0. The van der Waals surface area contributed by atoms with Crippen molar-refractivity contribution in [1.29, 1.82) is 0 Å². The molecular formula is C12H16N2O6. The molecule has 0 unspecified atom stereocenters. The van der Waals surface area contributed by atoms with Gasteiger partial charge in [0, 0.05) is 17.7 Å². The maximum absolute atomic E-state index is 12.1. The van der Waals surface area contributed by atoms with Crippen LogP contribution < -0.4 is 5.32 Å². The molecule has 0 bridgehead atoms. The summed E-state index contributed by atoms with van der Waals surface area (Å²) in [6.07, 6.45) is 0. The van der Waals surface area contributed by atoms with Crippen molar-refractivity contribution in [3.8, 4) is 0 Å². The lowest BCUT2D eigenvalue weighted by Crippen LogP contribution is -2.57. The number of nitrogens with zero attached hydrogens (tertiary/aromatic N) is 1. The molecule has 0 saturated heterocycles. The van der Waals surface area contributed by atoms with E-state index >= 15 is 0 Å². The van der Waals surface area contributed by atoms with E-state index in [1.807, 2.05) is 0 Å². The second kappa shape index (κ2) is 6.42. The van der Waals surface area contributed by atoms with Crippen molar-refractivity contribution >= 4 is 11.6 Å². The number of hydrogen-bond donors (Lipinski definition) is 4. The first-order valence-corrected chi connectivity index (χ1v) is 5.79. The Labute approximate surface area is 114 Å². The lowest BCUT2D eigenvalue weighted by molar-refractivity contribution is -0.384. The third-order valence-electron chi connectivity index (χ3n) is 2.96. The summed E-state index contributed by atoms with van der Waals surface area (Å²) in [6.45, 7) is -0.406. The van der Waals surface area contributed by atoms with Crippen molar-refractivity contribution in [2.24, 2.45) is 0 Å². The predicted octanol–water partition coefficient (Wildman–Crippen LogP) is -0.651. The third kappa shape index (κ3) is 3.29. The first-order valence-electron chi connectivity index (χ1n) is 5.79. The van der Waals surface area contributed by atoms with Gasteiger partial charge in [-0.2, -0.15) is 0 Å². The largest absolute Gasteiger partial charge is 0.394 e. The van der Waals surface area contributed by atoms with Crippen LogP contribution in [-0.4, -0.2) is 51.5 Å². The number of nitro benzene ring substituents is 1. The van der Waals surface area contributed by atoms with Crippen molar-refractivity contribution in [3.63, 3.8) is 0 Å². The number of rotatable bonds is 6. The van der Waals surface area contributed by atoms with Gasteiger partial charge >= 0.3 is 0 Å². The minimum atomic E-state index is -1.58. The molecule has 0 aliphatic heterocycles. The summed E-state index contributed by atoms with van der Waals surface area (Å²) >= 11 is 0. The average molecular weight is 284 g/mol. The van der Waals surface area contributed by atoms with E-state index in [-0.39, 0.29) is 11.3 Å². The van der Waals surface area contributed by atoms with E-state index in [0.717, 1.165) is 6.07 Å². The van der Waals surface area contributed by atoms with Crippen LogP contribution in [0.1, 0.15) is 15.9 Å². The van der Waals surface area contributed by atoms with Crippen LogP contribution in [0, 0.1) is 17.0 Å². The Morgan fingerprint density at radius 1 is 1.30 bits per heavy atom. The second-order valence-electron chi connectivity index (χ2n) is 4.47. The smallest absolute Gasteiger partial charge is 0.270 e. The van der Waals surface area contributed by atoms with Gasteiger partial charge in [0.05, 0.1) is 24.7 Å². The average Bonchev–Trinajstić information content (AvgIpc) is 2.45. The highest BCUT2D eigenvalue weighted by Gasteiger charge is 2.31. The number of benzene rings is 1. The van der Waals surface area contributed by atoms with Crippen LogP contribution in [0.5, 0.6) is 0 Å². The van der Waals surface area contributed by atoms with Gasteiger partial charge in [-0.3, -0.25) is 14.9 Å². The van der Waals surface area contributed by atoms with Crippen LogP contribution in [-0.2, 0) is 0 Å². The maximum Gasteiger partial charge on any atom is 0.270 e. The third-order valence-corrected chi connectivity index (χ3v) is 2.96. The van der Waals surface area contributed by atoms with E-state index in [1.54, 1.807) is 6.92 Å². The monoisotopic (exact) mass is 284 g/mol. The highest BCUT2D eigenvalue weighted by atomic mass is 16.6. The molecule has 0 aliphatic carbocycles. The lowest BCUT2D eigenvalue weighted by Gasteiger charge is -2.28. The first kappa shape index (κ1) is 16.0. The fourth-order valence-electron chi connectivity index (χ4n) is 1.54. The highest BCUT2D eigenvalue weighted by molar-refractivity contribution is 5.96. The van der Waals surface area contributed by atoms with E-state index in [0.29, 0.717) is 5.56 Å². The van der Waals surface area contributed by atoms with E-state index < -0.39 is 36.2 Å². The van der Waals surface area contributed by atoms with Crippen molar-refractivity contribution in [2.75, 3.05) is 19.8 Å². The summed E-state index contributed by atoms with van der Waals surface area (Å²) in [5.41, 5.74) is -1.29. The SMILES string of the molecule is Cc1ccc([N+](=O)[O-])cc1C(=O)NC(CO)(CO)CO. The van der Waals surface area contributed by atoms with Crippen molar-refractivity contribution in [3.05, 3.63) is 39.4 Å². The Morgan fingerprint density at radius 3 is 2.30 bits per heavy atom. The molecular weight excluding hydrogens is 268 g/mol. The van der Waals surface area contributed by atoms with Gasteiger partial charge in [0.2, 0.25) is 0 Å². The van der Waals surface area contributed by atoms with E-state index in [4.69, 9.17) is 15.3 Å². The lowest BCUT2D eigenvalue weighted by atomic mass is 10.0. The van der Waals surface area contributed by atoms with Gasteiger partial charge in [0.15, 0.2) is 0 Å². The zero-order valence-electron chi connectivity index (χ0n) is 10.9. The van der Waals surface area contributed by atoms with Crippen molar-refractivity contribution in [1.82, 2.24) is 5.32 Å². The number of nitro groups is 1. The van der Waals surface area contributed by atoms with Gasteiger partial charge in [-0.25, -0.2) is 0 Å². The normalized spacial score (nSPS) is 11.2. The molecule has 1 amide bonds. The van der Waals surface area contributed by atoms with Gasteiger partial charge in [-0.15, -0.1) is 0 Å². The zero-order valence-corrected chi connectivity index (χ0v) is 10.9. The molecule has 0 spiro atoms. The number of non-ortho nitro benzene ring substituents is 1. The number of carbonyl (C=O) groups excluding carboxylic acids is 1. The summed E-state index contributed by atoms with van der Waals surface area (Å²) < 4.78 is 0. The number of amides is 1. The first-order chi connectivity index (χ1) is 9.39. The van der Waals surface area contributed by atoms with Gasteiger partial charge in [0.25, 0.3) is 11.6 Å². The standard InChI is InChI=1S/C12H16N2O6/c1-8-2-3-9(14(19)20)4-10(8)11(18)13-12(5-15,6-16)7-17/h2-4,15-17H,5-7H2,1H3,(H,13,18). The molecule has 0 saturated carbocycles. The van der Waals surface area contributed by atoms with Crippen LogP contribution in [0.15, 0.2) is 18.2 Å². The molecule has 0 aromatic heterocycles. The fraction of sp³-hybridized carbons (Fsp3) is 0.417. The molecule has 0 heterocycles. The Balaban J connectivity index is 3.08. The molecule has 0 radical (unpaired) electrons. The van der Waals surface area contributed by atoms with E-state index in [1.165, 1.54) is 12.1 Å². The van der Waals surface area contributed by atoms with Crippen LogP contribution in [0.25, 0.3) is 0 Å². The number of aryl methyl sites for hydroxylation is 1. The zero-order chi connectivity index (χ0) is 15.3. The molecule has 0 aliphatic rings. The van der Waals surface area contributed by atoms with Gasteiger partial charge in [-0.05, 0) is 12.5 Å². The molecule has 0 atom stereocenters. The summed E-state index contributed by atoms with van der Waals surface area (Å²) in [5.74, 6) is -0.719. The Bertz CT molecular complexity index is 504. The quantitative estimate of drug-likeness (QED) is 0.405. The molecule has 0 fully saturated rings. The van der Waals surface area contributed by atoms with Crippen LogP contribution in [0.3, 0.4) is 0 Å². The molecule has 1 rings (SSSR count). The summed E-state index contributed by atoms with van der Waals surface area (Å²) in [5, 5.41) is 40.4. The number of hydrogen-bond acceptors (Lipinski definition) is 6.